The number of benzene rings is 1. The van der Waals surface area contributed by atoms with Gasteiger partial charge in [-0.3, -0.25) is 5.10 Å². The molecule has 1 saturated carbocycles. The number of nitrogens with one attached hydrogen (secondary N) is 1. The van der Waals surface area contributed by atoms with Crippen LogP contribution in [0.4, 0.5) is 5.82 Å². The van der Waals surface area contributed by atoms with Gasteiger partial charge in [0.1, 0.15) is 5.82 Å². The largest absolute Gasteiger partial charge is 0.493 e. The number of aromatic amines is 1. The molecule has 5 nitrogen and oxygen atoms in total. The molecular weight excluding hydrogens is 278 g/mol. The number of hydrogen-bond donors (Lipinski definition) is 2. The number of ether oxygens (including phenoxy) is 2. The van der Waals surface area contributed by atoms with Crippen LogP contribution in [0.1, 0.15) is 19.3 Å². The first-order chi connectivity index (χ1) is 9.67. The molecule has 1 aliphatic rings. The number of methoxy groups -OCH3 is 1. The number of aromatic nitrogens is 2. The van der Waals surface area contributed by atoms with Gasteiger partial charge in [-0.1, -0.05) is 11.6 Å². The Bertz CT molecular complexity index is 623. The fourth-order valence-corrected chi connectivity index (χ4v) is 2.38. The van der Waals surface area contributed by atoms with E-state index in [1.54, 1.807) is 19.2 Å². The van der Waals surface area contributed by atoms with Gasteiger partial charge in [-0.2, -0.15) is 5.10 Å². The average Bonchev–Trinajstić information content (AvgIpc) is 2.80. The summed E-state index contributed by atoms with van der Waals surface area (Å²) in [4.78, 5) is 0. The van der Waals surface area contributed by atoms with E-state index in [2.05, 4.69) is 10.2 Å². The van der Waals surface area contributed by atoms with Crippen molar-refractivity contribution in [2.24, 2.45) is 0 Å². The monoisotopic (exact) mass is 293 g/mol. The van der Waals surface area contributed by atoms with Gasteiger partial charge in [0.25, 0.3) is 0 Å². The van der Waals surface area contributed by atoms with Gasteiger partial charge < -0.3 is 15.2 Å². The maximum atomic E-state index is 6.14. The first-order valence-electron chi connectivity index (χ1n) is 6.53. The first kappa shape index (κ1) is 13.1. The van der Waals surface area contributed by atoms with Crippen LogP contribution in [0, 0.1) is 0 Å². The lowest BCUT2D eigenvalue weighted by atomic mass is 9.96. The highest BCUT2D eigenvalue weighted by Gasteiger charge is 2.24. The number of H-pyrrole nitrogens is 1. The van der Waals surface area contributed by atoms with E-state index in [1.807, 2.05) is 6.07 Å². The van der Waals surface area contributed by atoms with Gasteiger partial charge >= 0.3 is 0 Å². The van der Waals surface area contributed by atoms with E-state index < -0.39 is 0 Å². The van der Waals surface area contributed by atoms with Crippen molar-refractivity contribution >= 4 is 17.4 Å². The molecule has 0 bridgehead atoms. The zero-order valence-electron chi connectivity index (χ0n) is 11.1. The zero-order valence-corrected chi connectivity index (χ0v) is 11.9. The Morgan fingerprint density at radius 2 is 2.15 bits per heavy atom. The Hall–Kier alpha value is -1.88. The molecule has 0 amide bonds. The summed E-state index contributed by atoms with van der Waals surface area (Å²) in [7, 11) is 1.60. The van der Waals surface area contributed by atoms with Gasteiger partial charge in [-0.25, -0.2) is 0 Å². The van der Waals surface area contributed by atoms with Gasteiger partial charge in [-0.15, -0.1) is 0 Å². The van der Waals surface area contributed by atoms with E-state index in [-0.39, 0.29) is 6.10 Å². The van der Waals surface area contributed by atoms with Crippen molar-refractivity contribution in [2.75, 3.05) is 12.8 Å². The average molecular weight is 294 g/mol. The number of nitrogens with zero attached hydrogens (tertiary/aromatic N) is 1. The van der Waals surface area contributed by atoms with E-state index in [0.29, 0.717) is 22.3 Å². The maximum Gasteiger partial charge on any atom is 0.171 e. The van der Waals surface area contributed by atoms with Crippen molar-refractivity contribution in [3.05, 3.63) is 23.2 Å². The lowest BCUT2D eigenvalue weighted by Gasteiger charge is -2.28. The van der Waals surface area contributed by atoms with Crippen molar-refractivity contribution in [1.82, 2.24) is 10.2 Å². The summed E-state index contributed by atoms with van der Waals surface area (Å²) < 4.78 is 11.4. The minimum Gasteiger partial charge on any atom is -0.493 e. The molecule has 1 fully saturated rings. The lowest BCUT2D eigenvalue weighted by Crippen LogP contribution is -2.25. The SMILES string of the molecule is COc1cc(Cl)cc(-c2cc(N)n[nH]2)c1OC1CCC1. The Morgan fingerprint density at radius 3 is 2.70 bits per heavy atom. The number of halogens is 1. The van der Waals surface area contributed by atoms with Crippen LogP contribution in [0.3, 0.4) is 0 Å². The molecule has 106 valence electrons. The molecule has 20 heavy (non-hydrogen) atoms. The first-order valence-corrected chi connectivity index (χ1v) is 6.90. The predicted octanol–water partition coefficient (Wildman–Crippen LogP) is 3.25. The molecule has 0 spiro atoms. The van der Waals surface area contributed by atoms with Crippen molar-refractivity contribution in [3.63, 3.8) is 0 Å². The van der Waals surface area contributed by atoms with Crippen LogP contribution in [0.25, 0.3) is 11.3 Å². The summed E-state index contributed by atoms with van der Waals surface area (Å²) >= 11 is 6.14. The second kappa shape index (κ2) is 5.25. The molecule has 1 heterocycles. The smallest absolute Gasteiger partial charge is 0.171 e. The number of hydrogen-bond acceptors (Lipinski definition) is 4. The molecule has 0 atom stereocenters. The molecule has 0 aliphatic heterocycles. The minimum atomic E-state index is 0.240. The number of nitrogen functional groups attached to an aromatic ring is 1. The summed E-state index contributed by atoms with van der Waals surface area (Å²) in [5.41, 5.74) is 7.24. The van der Waals surface area contributed by atoms with Crippen LogP contribution in [0.2, 0.25) is 5.02 Å². The van der Waals surface area contributed by atoms with E-state index in [4.69, 9.17) is 26.8 Å². The van der Waals surface area contributed by atoms with Crippen LogP contribution < -0.4 is 15.2 Å². The highest BCUT2D eigenvalue weighted by molar-refractivity contribution is 6.31. The Kier molecular flexibility index (Phi) is 3.44. The number of anilines is 1. The van der Waals surface area contributed by atoms with Gasteiger partial charge in [0.05, 0.1) is 18.9 Å². The van der Waals surface area contributed by atoms with Crippen LogP contribution in [-0.4, -0.2) is 23.4 Å². The normalized spacial score (nSPS) is 14.9. The molecule has 1 aromatic heterocycles. The van der Waals surface area contributed by atoms with Crippen molar-refractivity contribution in [3.8, 4) is 22.8 Å². The molecule has 3 N–H and O–H groups in total. The fraction of sp³-hybridized carbons (Fsp3) is 0.357. The fourth-order valence-electron chi connectivity index (χ4n) is 2.17. The summed E-state index contributed by atoms with van der Waals surface area (Å²) in [6.07, 6.45) is 3.57. The van der Waals surface area contributed by atoms with Gasteiger partial charge in [0.2, 0.25) is 0 Å². The van der Waals surface area contributed by atoms with Crippen molar-refractivity contribution in [2.45, 2.75) is 25.4 Å². The molecule has 1 aromatic carbocycles. The van der Waals surface area contributed by atoms with Crippen LogP contribution >= 0.6 is 11.6 Å². The van der Waals surface area contributed by atoms with E-state index in [9.17, 15) is 0 Å². The van der Waals surface area contributed by atoms with Gasteiger partial charge in [-0.05, 0) is 25.3 Å². The second-order valence-corrected chi connectivity index (χ2v) is 5.30. The predicted molar refractivity (Wildman–Crippen MR) is 78.3 cm³/mol. The van der Waals surface area contributed by atoms with E-state index in [1.165, 1.54) is 6.42 Å². The van der Waals surface area contributed by atoms with Crippen molar-refractivity contribution in [1.29, 1.82) is 0 Å². The lowest BCUT2D eigenvalue weighted by molar-refractivity contribution is 0.117. The summed E-state index contributed by atoms with van der Waals surface area (Å²) in [5, 5.41) is 7.40. The zero-order chi connectivity index (χ0) is 14.1. The third-order valence-corrected chi connectivity index (χ3v) is 3.68. The van der Waals surface area contributed by atoms with Crippen LogP contribution in [0.15, 0.2) is 18.2 Å². The van der Waals surface area contributed by atoms with Gasteiger partial charge in [0.15, 0.2) is 11.5 Å². The Morgan fingerprint density at radius 1 is 1.35 bits per heavy atom. The Labute approximate surface area is 122 Å². The highest BCUT2D eigenvalue weighted by atomic mass is 35.5. The van der Waals surface area contributed by atoms with E-state index in [0.717, 1.165) is 24.1 Å². The Balaban J connectivity index is 2.07. The second-order valence-electron chi connectivity index (χ2n) is 4.86. The molecule has 0 unspecified atom stereocenters. The molecular formula is C14H16ClN3O2. The summed E-state index contributed by atoms with van der Waals surface area (Å²) in [5.74, 6) is 1.73. The third-order valence-electron chi connectivity index (χ3n) is 3.46. The van der Waals surface area contributed by atoms with E-state index >= 15 is 0 Å². The summed E-state index contributed by atoms with van der Waals surface area (Å²) in [6.45, 7) is 0. The molecule has 0 radical (unpaired) electrons. The third kappa shape index (κ3) is 2.41. The van der Waals surface area contributed by atoms with Gasteiger partial charge in [0, 0.05) is 22.7 Å². The van der Waals surface area contributed by atoms with Crippen LogP contribution in [-0.2, 0) is 0 Å². The molecule has 3 rings (SSSR count). The van der Waals surface area contributed by atoms with Crippen molar-refractivity contribution < 1.29 is 9.47 Å². The number of rotatable bonds is 4. The minimum absolute atomic E-state index is 0.240. The highest BCUT2D eigenvalue weighted by Crippen LogP contribution is 2.42. The molecule has 6 heteroatoms. The molecule has 2 aromatic rings. The summed E-state index contributed by atoms with van der Waals surface area (Å²) in [6, 6.07) is 5.32. The standard InChI is InChI=1S/C14H16ClN3O2/c1-19-12-6-8(15)5-10(11-7-13(16)18-17-11)14(12)20-9-3-2-4-9/h5-7,9H,2-4H2,1H3,(H3,16,17,18). The topological polar surface area (TPSA) is 73.2 Å². The van der Waals surface area contributed by atoms with Crippen LogP contribution in [0.5, 0.6) is 11.5 Å². The molecule has 1 aliphatic carbocycles. The quantitative estimate of drug-likeness (QED) is 0.907. The molecule has 0 saturated heterocycles. The maximum absolute atomic E-state index is 6.14. The number of nitrogens with two attached hydrogens (primary N) is 1.